The molecule has 0 aliphatic heterocycles. The molecule has 2 N–H and O–H groups in total. The summed E-state index contributed by atoms with van der Waals surface area (Å²) in [6, 6.07) is 0. The van der Waals surface area contributed by atoms with Gasteiger partial charge in [-0.2, -0.15) is 11.8 Å². The van der Waals surface area contributed by atoms with Gasteiger partial charge < -0.3 is 15.0 Å². The van der Waals surface area contributed by atoms with Crippen LogP contribution >= 0.6 is 11.8 Å². The molecule has 0 aliphatic carbocycles. The second-order valence-electron chi connectivity index (χ2n) is 4.89. The zero-order valence-electron chi connectivity index (χ0n) is 13.4. The van der Waals surface area contributed by atoms with Crippen molar-refractivity contribution in [2.24, 2.45) is 0 Å². The third-order valence-corrected chi connectivity index (χ3v) is 4.05. The highest BCUT2D eigenvalue weighted by atomic mass is 32.2. The monoisotopic (exact) mass is 313 g/mol. The number of aryl methyl sites for hydroxylation is 1. The van der Waals surface area contributed by atoms with E-state index in [9.17, 15) is 4.79 Å². The predicted octanol–water partition coefficient (Wildman–Crippen LogP) is 3.13. The number of thioether (sulfide) groups is 1. The number of nitrogens with zero attached hydrogens (tertiary/aromatic N) is 2. The van der Waals surface area contributed by atoms with E-state index >= 15 is 0 Å². The lowest BCUT2D eigenvalue weighted by Crippen LogP contribution is -2.10. The van der Waals surface area contributed by atoms with E-state index in [1.54, 1.807) is 6.92 Å². The van der Waals surface area contributed by atoms with E-state index in [1.807, 2.05) is 23.3 Å². The van der Waals surface area contributed by atoms with Crippen molar-refractivity contribution in [2.75, 3.05) is 24.3 Å². The summed E-state index contributed by atoms with van der Waals surface area (Å²) in [4.78, 5) is 16.2. The summed E-state index contributed by atoms with van der Waals surface area (Å²) < 4.78 is 6.95. The molecule has 6 heteroatoms. The summed E-state index contributed by atoms with van der Waals surface area (Å²) in [6.45, 7) is 4.95. The van der Waals surface area contributed by atoms with Gasteiger partial charge in [0, 0.05) is 13.0 Å². The molecule has 120 valence electrons. The number of hydrogen-bond donors (Lipinski definition) is 1. The molecule has 0 bridgehead atoms. The lowest BCUT2D eigenvalue weighted by atomic mass is 10.2. The van der Waals surface area contributed by atoms with Gasteiger partial charge in [-0.05, 0) is 31.8 Å². The van der Waals surface area contributed by atoms with Gasteiger partial charge in [0.15, 0.2) is 5.69 Å². The Bertz CT molecular complexity index is 446. The largest absolute Gasteiger partial charge is 0.461 e. The standard InChI is InChI=1S/C15H27N3O2S/c1-4-12-17-13(15(19)20-5-2)14(16)18(12)10-8-6-7-9-11-21-3/h4-11,16H2,1-3H3. The molecule has 21 heavy (non-hydrogen) atoms. The van der Waals surface area contributed by atoms with Crippen LogP contribution in [0.1, 0.15) is 55.8 Å². The van der Waals surface area contributed by atoms with Crippen molar-refractivity contribution in [3.8, 4) is 0 Å². The van der Waals surface area contributed by atoms with E-state index in [1.165, 1.54) is 25.0 Å². The SMILES string of the molecule is CCOC(=O)c1nc(CC)n(CCCCCCSC)c1N. The molecule has 0 fully saturated rings. The Morgan fingerprint density at radius 3 is 2.62 bits per heavy atom. The molecule has 1 aromatic heterocycles. The molecule has 0 atom stereocenters. The molecule has 0 aromatic carbocycles. The van der Waals surface area contributed by atoms with E-state index in [2.05, 4.69) is 11.2 Å². The Morgan fingerprint density at radius 1 is 1.29 bits per heavy atom. The molecule has 0 saturated carbocycles. The summed E-state index contributed by atoms with van der Waals surface area (Å²) in [5.41, 5.74) is 6.33. The van der Waals surface area contributed by atoms with Gasteiger partial charge >= 0.3 is 5.97 Å². The van der Waals surface area contributed by atoms with E-state index in [0.717, 1.165) is 25.2 Å². The Hall–Kier alpha value is -1.17. The summed E-state index contributed by atoms with van der Waals surface area (Å²) in [6.07, 6.45) is 7.63. The van der Waals surface area contributed by atoms with Gasteiger partial charge in [-0.15, -0.1) is 0 Å². The van der Waals surface area contributed by atoms with Crippen LogP contribution in [0.2, 0.25) is 0 Å². The molecule has 0 amide bonds. The number of nitrogens with two attached hydrogens (primary N) is 1. The number of ether oxygens (including phenoxy) is 1. The molecule has 0 aliphatic rings. The fraction of sp³-hybridized carbons (Fsp3) is 0.733. The summed E-state index contributed by atoms with van der Waals surface area (Å²) >= 11 is 1.89. The molecule has 5 nitrogen and oxygen atoms in total. The first-order chi connectivity index (χ1) is 10.2. The fourth-order valence-corrected chi connectivity index (χ4v) is 2.75. The Kier molecular flexibility index (Phi) is 8.27. The highest BCUT2D eigenvalue weighted by molar-refractivity contribution is 7.98. The van der Waals surface area contributed by atoms with Gasteiger partial charge in [-0.1, -0.05) is 19.8 Å². The minimum atomic E-state index is -0.427. The van der Waals surface area contributed by atoms with Gasteiger partial charge in [-0.3, -0.25) is 0 Å². The number of hydrogen-bond acceptors (Lipinski definition) is 5. The van der Waals surface area contributed by atoms with Gasteiger partial charge in [0.2, 0.25) is 0 Å². The van der Waals surface area contributed by atoms with Crippen LogP contribution in [0.3, 0.4) is 0 Å². The maximum atomic E-state index is 11.8. The van der Waals surface area contributed by atoms with Crippen LogP contribution in [-0.4, -0.2) is 34.1 Å². The third kappa shape index (κ3) is 5.26. The average molecular weight is 313 g/mol. The Balaban J connectivity index is 2.62. The maximum absolute atomic E-state index is 11.8. The van der Waals surface area contributed by atoms with Crippen molar-refractivity contribution in [3.63, 3.8) is 0 Å². The second-order valence-corrected chi connectivity index (χ2v) is 5.88. The first kappa shape index (κ1) is 17.9. The second kappa shape index (κ2) is 9.71. The van der Waals surface area contributed by atoms with E-state index < -0.39 is 5.97 Å². The fourth-order valence-electron chi connectivity index (χ4n) is 2.25. The number of aromatic nitrogens is 2. The first-order valence-corrected chi connectivity index (χ1v) is 9.05. The minimum absolute atomic E-state index is 0.260. The summed E-state index contributed by atoms with van der Waals surface area (Å²) in [5, 5.41) is 0. The topological polar surface area (TPSA) is 70.1 Å². The Labute approximate surface area is 131 Å². The molecule has 0 unspecified atom stereocenters. The van der Waals surface area contributed by atoms with Crippen LogP contribution in [0, 0.1) is 0 Å². The van der Waals surface area contributed by atoms with Crippen molar-refractivity contribution < 1.29 is 9.53 Å². The molecule has 1 rings (SSSR count). The number of esters is 1. The number of rotatable bonds is 10. The molecular formula is C15H27N3O2S. The highest BCUT2D eigenvalue weighted by Crippen LogP contribution is 2.18. The van der Waals surface area contributed by atoms with E-state index in [4.69, 9.17) is 10.5 Å². The zero-order chi connectivity index (χ0) is 15.7. The quantitative estimate of drug-likeness (QED) is 0.531. The highest BCUT2D eigenvalue weighted by Gasteiger charge is 2.20. The van der Waals surface area contributed by atoms with Crippen LogP contribution in [-0.2, 0) is 17.7 Å². The number of anilines is 1. The van der Waals surface area contributed by atoms with Crippen molar-refractivity contribution in [3.05, 3.63) is 11.5 Å². The summed E-state index contributed by atoms with van der Waals surface area (Å²) in [7, 11) is 0. The molecule has 1 aromatic rings. The van der Waals surface area contributed by atoms with E-state index in [-0.39, 0.29) is 5.69 Å². The van der Waals surface area contributed by atoms with Crippen molar-refractivity contribution in [2.45, 2.75) is 52.5 Å². The van der Waals surface area contributed by atoms with Crippen molar-refractivity contribution >= 4 is 23.5 Å². The van der Waals surface area contributed by atoms with Crippen LogP contribution in [0.5, 0.6) is 0 Å². The predicted molar refractivity (Wildman–Crippen MR) is 88.8 cm³/mol. The number of carbonyl (C=O) groups is 1. The van der Waals surface area contributed by atoms with Crippen LogP contribution in [0.15, 0.2) is 0 Å². The zero-order valence-corrected chi connectivity index (χ0v) is 14.2. The minimum Gasteiger partial charge on any atom is -0.461 e. The number of carbonyl (C=O) groups excluding carboxylic acids is 1. The molecule has 0 radical (unpaired) electrons. The van der Waals surface area contributed by atoms with Crippen molar-refractivity contribution in [1.29, 1.82) is 0 Å². The van der Waals surface area contributed by atoms with Gasteiger partial charge in [0.1, 0.15) is 11.6 Å². The molecule has 0 spiro atoms. The van der Waals surface area contributed by atoms with Gasteiger partial charge in [-0.25, -0.2) is 9.78 Å². The summed E-state index contributed by atoms with van der Waals surface area (Å²) in [5.74, 6) is 2.10. The average Bonchev–Trinajstić information content (AvgIpc) is 2.79. The normalized spacial score (nSPS) is 10.8. The maximum Gasteiger partial charge on any atom is 0.360 e. The Morgan fingerprint density at radius 2 is 2.00 bits per heavy atom. The first-order valence-electron chi connectivity index (χ1n) is 7.66. The number of imidazole rings is 1. The van der Waals surface area contributed by atoms with Crippen LogP contribution in [0.25, 0.3) is 0 Å². The van der Waals surface area contributed by atoms with Gasteiger partial charge in [0.25, 0.3) is 0 Å². The van der Waals surface area contributed by atoms with Crippen LogP contribution < -0.4 is 5.73 Å². The third-order valence-electron chi connectivity index (χ3n) is 3.35. The lowest BCUT2D eigenvalue weighted by molar-refractivity contribution is 0.0521. The van der Waals surface area contributed by atoms with Gasteiger partial charge in [0.05, 0.1) is 6.61 Å². The lowest BCUT2D eigenvalue weighted by Gasteiger charge is -2.08. The number of unbranched alkanes of at least 4 members (excludes halogenated alkanes) is 3. The molecular weight excluding hydrogens is 286 g/mol. The molecule has 1 heterocycles. The van der Waals surface area contributed by atoms with Crippen LogP contribution in [0.4, 0.5) is 5.82 Å². The van der Waals surface area contributed by atoms with E-state index in [0.29, 0.717) is 12.4 Å². The van der Waals surface area contributed by atoms with Crippen molar-refractivity contribution in [1.82, 2.24) is 9.55 Å². The molecule has 0 saturated heterocycles. The number of nitrogen functional groups attached to an aromatic ring is 1. The smallest absolute Gasteiger partial charge is 0.360 e.